The molecule has 1 saturated carbocycles. The average Bonchev–Trinajstić information content (AvgIpc) is 2.91. The number of carboxylic acids is 1. The van der Waals surface area contributed by atoms with Crippen molar-refractivity contribution in [2.75, 3.05) is 6.54 Å². The lowest BCUT2D eigenvalue weighted by molar-refractivity contribution is 0.0690. The van der Waals surface area contributed by atoms with E-state index in [2.05, 4.69) is 9.71 Å². The maximum absolute atomic E-state index is 12.4. The fourth-order valence-corrected chi connectivity index (χ4v) is 4.43. The van der Waals surface area contributed by atoms with Gasteiger partial charge in [0.1, 0.15) is 10.6 Å². The van der Waals surface area contributed by atoms with Crippen molar-refractivity contribution in [3.63, 3.8) is 0 Å². The Labute approximate surface area is 123 Å². The van der Waals surface area contributed by atoms with Crippen molar-refractivity contribution in [3.8, 4) is 0 Å². The van der Waals surface area contributed by atoms with Crippen molar-refractivity contribution in [3.05, 3.63) is 17.0 Å². The van der Waals surface area contributed by atoms with Crippen molar-refractivity contribution in [1.29, 1.82) is 0 Å². The minimum Gasteiger partial charge on any atom is -0.477 e. The molecule has 2 rings (SSSR count). The first-order chi connectivity index (χ1) is 9.74. The summed E-state index contributed by atoms with van der Waals surface area (Å²) >= 11 is 0. The maximum Gasteiger partial charge on any atom is 0.352 e. The van der Waals surface area contributed by atoms with Gasteiger partial charge < -0.3 is 15.2 Å². The fraction of sp³-hybridized carbons (Fsp3) is 0.615. The van der Waals surface area contributed by atoms with E-state index in [0.717, 1.165) is 12.8 Å². The molecule has 1 aromatic rings. The molecule has 0 spiro atoms. The number of rotatable bonds is 5. The second-order valence-electron chi connectivity index (χ2n) is 5.49. The molecule has 7 nitrogen and oxygen atoms in total. The van der Waals surface area contributed by atoms with Gasteiger partial charge >= 0.3 is 5.97 Å². The monoisotopic (exact) mass is 316 g/mol. The predicted octanol–water partition coefficient (Wildman–Crippen LogP) is 0.769. The van der Waals surface area contributed by atoms with Crippen LogP contribution in [0.25, 0.3) is 0 Å². The molecule has 0 radical (unpaired) electrons. The van der Waals surface area contributed by atoms with Crippen LogP contribution in [0.3, 0.4) is 0 Å². The zero-order valence-corrected chi connectivity index (χ0v) is 12.8. The van der Waals surface area contributed by atoms with Crippen LogP contribution < -0.4 is 4.72 Å². The molecule has 0 amide bonds. The number of hydrogen-bond acceptors (Lipinski definition) is 4. The molecule has 1 aromatic heterocycles. The molecule has 0 aliphatic heterocycles. The van der Waals surface area contributed by atoms with E-state index in [4.69, 9.17) is 5.11 Å². The van der Waals surface area contributed by atoms with Crippen LogP contribution in [0.15, 0.2) is 4.90 Å². The Balaban J connectivity index is 2.22. The SMILES string of the molecule is Cc1[nH]c(C(=O)O)c(C)c1S(=O)(=O)NCC1CCCC1O. The standard InChI is InChI=1S/C13H20N2O5S/c1-7-11(13(17)18)15-8(2)12(7)21(19,20)14-6-9-4-3-5-10(9)16/h9-10,14-16H,3-6H2,1-2H3,(H,17,18). The highest BCUT2D eigenvalue weighted by molar-refractivity contribution is 7.89. The third kappa shape index (κ3) is 3.12. The Kier molecular flexibility index (Phi) is 4.40. The second kappa shape index (κ2) is 5.78. The Morgan fingerprint density at radius 2 is 2.05 bits per heavy atom. The molecule has 0 aromatic carbocycles. The third-order valence-electron chi connectivity index (χ3n) is 4.01. The van der Waals surface area contributed by atoms with Gasteiger partial charge in [0, 0.05) is 17.8 Å². The molecule has 118 valence electrons. The van der Waals surface area contributed by atoms with Crippen LogP contribution in [0.1, 0.15) is 41.0 Å². The van der Waals surface area contributed by atoms with Crippen molar-refractivity contribution >= 4 is 16.0 Å². The molecule has 2 atom stereocenters. The highest BCUT2D eigenvalue weighted by atomic mass is 32.2. The third-order valence-corrected chi connectivity index (χ3v) is 5.70. The summed E-state index contributed by atoms with van der Waals surface area (Å²) in [5.74, 6) is -1.28. The summed E-state index contributed by atoms with van der Waals surface area (Å²) < 4.78 is 27.2. The molecule has 4 N–H and O–H groups in total. The lowest BCUT2D eigenvalue weighted by Gasteiger charge is -2.15. The Hall–Kier alpha value is -1.38. The predicted molar refractivity (Wildman–Crippen MR) is 75.8 cm³/mol. The van der Waals surface area contributed by atoms with Gasteiger partial charge in [-0.2, -0.15) is 0 Å². The fourth-order valence-electron chi connectivity index (χ4n) is 2.89. The van der Waals surface area contributed by atoms with Gasteiger partial charge in [-0.1, -0.05) is 6.42 Å². The quantitative estimate of drug-likeness (QED) is 0.639. The number of nitrogens with one attached hydrogen (secondary N) is 2. The molecular weight excluding hydrogens is 296 g/mol. The van der Waals surface area contributed by atoms with Crippen LogP contribution in [0.4, 0.5) is 0 Å². The second-order valence-corrected chi connectivity index (χ2v) is 7.20. The molecule has 21 heavy (non-hydrogen) atoms. The summed E-state index contributed by atoms with van der Waals surface area (Å²) in [6.07, 6.45) is 1.89. The van der Waals surface area contributed by atoms with Gasteiger partial charge in [0.15, 0.2) is 0 Å². The van der Waals surface area contributed by atoms with Gasteiger partial charge in [-0.3, -0.25) is 0 Å². The van der Waals surface area contributed by atoms with E-state index < -0.39 is 22.1 Å². The molecule has 8 heteroatoms. The highest BCUT2D eigenvalue weighted by Crippen LogP contribution is 2.27. The van der Waals surface area contributed by atoms with Gasteiger partial charge in [-0.15, -0.1) is 0 Å². The molecule has 1 fully saturated rings. The zero-order chi connectivity index (χ0) is 15.8. The molecule has 1 aliphatic carbocycles. The van der Waals surface area contributed by atoms with Gasteiger partial charge in [0.05, 0.1) is 6.10 Å². The summed E-state index contributed by atoms with van der Waals surface area (Å²) in [4.78, 5) is 13.6. The number of aromatic amines is 1. The Morgan fingerprint density at radius 3 is 2.52 bits per heavy atom. The Bertz CT molecular complexity index is 650. The number of aliphatic hydroxyl groups excluding tert-OH is 1. The maximum atomic E-state index is 12.4. The van der Waals surface area contributed by atoms with Crippen LogP contribution in [0, 0.1) is 19.8 Å². The van der Waals surface area contributed by atoms with Crippen molar-refractivity contribution in [2.24, 2.45) is 5.92 Å². The molecule has 1 aliphatic rings. The number of H-pyrrole nitrogens is 1. The summed E-state index contributed by atoms with van der Waals surface area (Å²) in [6, 6.07) is 0. The zero-order valence-electron chi connectivity index (χ0n) is 12.0. The summed E-state index contributed by atoms with van der Waals surface area (Å²) in [6.45, 7) is 3.15. The van der Waals surface area contributed by atoms with E-state index in [9.17, 15) is 18.3 Å². The van der Waals surface area contributed by atoms with Gasteiger partial charge in [0.2, 0.25) is 10.0 Å². The smallest absolute Gasteiger partial charge is 0.352 e. The molecule has 2 unspecified atom stereocenters. The molecule has 0 saturated heterocycles. The lowest BCUT2D eigenvalue weighted by Crippen LogP contribution is -2.33. The average molecular weight is 316 g/mol. The van der Waals surface area contributed by atoms with E-state index in [-0.39, 0.29) is 28.6 Å². The van der Waals surface area contributed by atoms with Gasteiger partial charge in [-0.25, -0.2) is 17.9 Å². The number of aryl methyl sites for hydroxylation is 1. The van der Waals surface area contributed by atoms with Crippen molar-refractivity contribution < 1.29 is 23.4 Å². The number of aliphatic hydroxyl groups is 1. The van der Waals surface area contributed by atoms with Crippen LogP contribution in [0.5, 0.6) is 0 Å². The number of aromatic carboxylic acids is 1. The lowest BCUT2D eigenvalue weighted by atomic mass is 10.1. The molecule has 1 heterocycles. The van der Waals surface area contributed by atoms with E-state index in [1.165, 1.54) is 13.8 Å². The first kappa shape index (κ1) is 16.0. The number of aromatic nitrogens is 1. The molecular formula is C13H20N2O5S. The van der Waals surface area contributed by atoms with Crippen molar-refractivity contribution in [1.82, 2.24) is 9.71 Å². The summed E-state index contributed by atoms with van der Waals surface area (Å²) in [5.41, 5.74) is 0.373. The van der Waals surface area contributed by atoms with Crippen LogP contribution in [-0.4, -0.2) is 42.2 Å². The molecule has 0 bridgehead atoms. The van der Waals surface area contributed by atoms with Crippen molar-refractivity contribution in [2.45, 2.75) is 44.1 Å². The normalized spacial score (nSPS) is 22.6. The van der Waals surface area contributed by atoms with E-state index in [1.807, 2.05) is 0 Å². The van der Waals surface area contributed by atoms with Crippen LogP contribution >= 0.6 is 0 Å². The number of carboxylic acid groups (broad SMARTS) is 1. The minimum absolute atomic E-state index is 0.0209. The van der Waals surface area contributed by atoms with E-state index >= 15 is 0 Å². The van der Waals surface area contributed by atoms with Crippen LogP contribution in [-0.2, 0) is 10.0 Å². The number of sulfonamides is 1. The Morgan fingerprint density at radius 1 is 1.38 bits per heavy atom. The minimum atomic E-state index is -3.80. The number of hydrogen-bond donors (Lipinski definition) is 4. The number of carbonyl (C=O) groups is 1. The van der Waals surface area contributed by atoms with Gasteiger partial charge in [0.25, 0.3) is 0 Å². The van der Waals surface area contributed by atoms with E-state index in [1.54, 1.807) is 0 Å². The van der Waals surface area contributed by atoms with Gasteiger partial charge in [-0.05, 0) is 32.6 Å². The first-order valence-electron chi connectivity index (χ1n) is 6.84. The summed E-state index contributed by atoms with van der Waals surface area (Å²) in [5, 5.41) is 18.8. The largest absolute Gasteiger partial charge is 0.477 e. The highest BCUT2D eigenvalue weighted by Gasteiger charge is 2.30. The van der Waals surface area contributed by atoms with Crippen LogP contribution in [0.2, 0.25) is 0 Å². The summed E-state index contributed by atoms with van der Waals surface area (Å²) in [7, 11) is -3.80. The topological polar surface area (TPSA) is 119 Å². The van der Waals surface area contributed by atoms with E-state index in [0.29, 0.717) is 12.1 Å². The first-order valence-corrected chi connectivity index (χ1v) is 8.32.